The van der Waals surface area contributed by atoms with Gasteiger partial charge in [-0.3, -0.25) is 0 Å². The Morgan fingerprint density at radius 2 is 1.40 bits per heavy atom. The van der Waals surface area contributed by atoms with Crippen LogP contribution in [0.15, 0.2) is 36.4 Å². The Balaban J connectivity index is 4.67. The van der Waals surface area contributed by atoms with E-state index in [0.29, 0.717) is 0 Å². The third kappa shape index (κ3) is 1.97. The molecule has 0 aromatic rings. The molecular formula is C6H5F3O. The fourth-order valence-corrected chi connectivity index (χ4v) is 0.246. The Bertz CT molecular complexity index is 183. The largest absolute Gasteiger partial charge is 0.505 e. The van der Waals surface area contributed by atoms with Gasteiger partial charge in [-0.15, -0.1) is 0 Å². The molecule has 0 fully saturated rings. The molecule has 1 N–H and O–H groups in total. The normalized spacial score (nSPS) is 12.3. The van der Waals surface area contributed by atoms with Crippen LogP contribution in [0.3, 0.4) is 0 Å². The molecule has 0 unspecified atom stereocenters. The second-order valence-electron chi connectivity index (χ2n) is 1.48. The Hall–Kier alpha value is -1.19. The summed E-state index contributed by atoms with van der Waals surface area (Å²) in [5.41, 5.74) is 0. The Morgan fingerprint density at radius 3 is 1.50 bits per heavy atom. The van der Waals surface area contributed by atoms with Crippen molar-refractivity contribution >= 4 is 0 Å². The maximum absolute atomic E-state index is 12.0. The van der Waals surface area contributed by atoms with Crippen molar-refractivity contribution in [1.29, 1.82) is 0 Å². The molecule has 0 radical (unpaired) electrons. The van der Waals surface area contributed by atoms with Crippen molar-refractivity contribution in [1.82, 2.24) is 0 Å². The molecule has 0 aliphatic rings. The lowest BCUT2D eigenvalue weighted by Crippen LogP contribution is -1.84. The zero-order valence-electron chi connectivity index (χ0n) is 5.00. The number of hydrogen-bond donors (Lipinski definition) is 1. The van der Waals surface area contributed by atoms with Crippen molar-refractivity contribution in [2.75, 3.05) is 0 Å². The zero-order chi connectivity index (χ0) is 8.31. The number of allylic oxidation sites excluding steroid dienone is 3. The molecule has 0 aliphatic heterocycles. The lowest BCUT2D eigenvalue weighted by atomic mass is 10.4. The quantitative estimate of drug-likeness (QED) is 0.474. The van der Waals surface area contributed by atoms with E-state index < -0.39 is 23.2 Å². The van der Waals surface area contributed by atoms with Crippen molar-refractivity contribution in [2.45, 2.75) is 0 Å². The van der Waals surface area contributed by atoms with Crippen molar-refractivity contribution < 1.29 is 18.3 Å². The van der Waals surface area contributed by atoms with E-state index >= 15 is 0 Å². The predicted molar refractivity (Wildman–Crippen MR) is 31.3 cm³/mol. The topological polar surface area (TPSA) is 20.2 Å². The van der Waals surface area contributed by atoms with Gasteiger partial charge in [-0.25, -0.2) is 8.78 Å². The van der Waals surface area contributed by atoms with Gasteiger partial charge in [-0.05, 0) is 0 Å². The van der Waals surface area contributed by atoms with Crippen LogP contribution < -0.4 is 0 Å². The number of halogens is 3. The third-order valence-corrected chi connectivity index (χ3v) is 0.684. The molecule has 1 nitrogen and oxygen atoms in total. The zero-order valence-corrected chi connectivity index (χ0v) is 5.00. The summed E-state index contributed by atoms with van der Waals surface area (Å²) < 4.78 is 35.7. The van der Waals surface area contributed by atoms with Gasteiger partial charge < -0.3 is 5.11 Å². The third-order valence-electron chi connectivity index (χ3n) is 0.684. The van der Waals surface area contributed by atoms with Crippen LogP contribution in [-0.2, 0) is 0 Å². The second kappa shape index (κ2) is 3.10. The fourth-order valence-electron chi connectivity index (χ4n) is 0.246. The summed E-state index contributed by atoms with van der Waals surface area (Å²) in [5, 5.41) is 8.17. The molecule has 0 atom stereocenters. The first-order valence-electron chi connectivity index (χ1n) is 2.25. The van der Waals surface area contributed by atoms with Gasteiger partial charge in [0.25, 0.3) is 0 Å². The summed E-state index contributed by atoms with van der Waals surface area (Å²) in [7, 11) is 0. The minimum atomic E-state index is -1.83. The van der Waals surface area contributed by atoms with Crippen molar-refractivity contribution in [2.24, 2.45) is 0 Å². The van der Waals surface area contributed by atoms with Gasteiger partial charge in [0.15, 0.2) is 11.7 Å². The fraction of sp³-hybridized carbons (Fsp3) is 0. The predicted octanol–water partition coefficient (Wildman–Crippen LogP) is 2.69. The van der Waals surface area contributed by atoms with E-state index in [1.54, 1.807) is 0 Å². The summed E-state index contributed by atoms with van der Waals surface area (Å²) in [4.78, 5) is 0. The maximum Gasteiger partial charge on any atom is 0.202 e. The highest BCUT2D eigenvalue weighted by Crippen LogP contribution is 2.20. The Morgan fingerprint density at radius 1 is 1.00 bits per heavy atom. The molecule has 0 bridgehead atoms. The molecule has 10 heavy (non-hydrogen) atoms. The lowest BCUT2D eigenvalue weighted by Gasteiger charge is -1.93. The van der Waals surface area contributed by atoms with Gasteiger partial charge in [0.05, 0.1) is 0 Å². The van der Waals surface area contributed by atoms with E-state index in [1.165, 1.54) is 0 Å². The molecule has 0 aromatic carbocycles. The Labute approximate surface area is 55.8 Å². The molecular weight excluding hydrogens is 145 g/mol. The maximum atomic E-state index is 12.0. The SMILES string of the molecule is C=C(O)/C(F)=C(/F)C(=C)F. The van der Waals surface area contributed by atoms with Gasteiger partial charge in [-0.1, -0.05) is 13.2 Å². The number of rotatable bonds is 2. The van der Waals surface area contributed by atoms with Crippen LogP contribution in [0.1, 0.15) is 0 Å². The van der Waals surface area contributed by atoms with Crippen LogP contribution in [-0.4, -0.2) is 5.11 Å². The van der Waals surface area contributed by atoms with Gasteiger partial charge in [0, 0.05) is 0 Å². The first-order valence-corrected chi connectivity index (χ1v) is 2.25. The molecule has 0 aliphatic carbocycles. The molecule has 0 amide bonds. The minimum Gasteiger partial charge on any atom is -0.505 e. The summed E-state index contributed by atoms with van der Waals surface area (Å²) in [6.07, 6.45) is 0. The second-order valence-corrected chi connectivity index (χ2v) is 1.48. The lowest BCUT2D eigenvalue weighted by molar-refractivity contribution is 0.376. The van der Waals surface area contributed by atoms with Gasteiger partial charge >= 0.3 is 0 Å². The van der Waals surface area contributed by atoms with Crippen LogP contribution >= 0.6 is 0 Å². The van der Waals surface area contributed by atoms with Crippen LogP contribution in [0.2, 0.25) is 0 Å². The monoisotopic (exact) mass is 150 g/mol. The molecule has 4 heteroatoms. The highest BCUT2D eigenvalue weighted by molar-refractivity contribution is 5.27. The van der Waals surface area contributed by atoms with Gasteiger partial charge in [0.1, 0.15) is 5.76 Å². The van der Waals surface area contributed by atoms with E-state index in [4.69, 9.17) is 5.11 Å². The van der Waals surface area contributed by atoms with Crippen molar-refractivity contribution in [3.8, 4) is 0 Å². The van der Waals surface area contributed by atoms with Crippen LogP contribution in [0, 0.1) is 0 Å². The average molecular weight is 150 g/mol. The summed E-state index contributed by atoms with van der Waals surface area (Å²) >= 11 is 0. The highest BCUT2D eigenvalue weighted by atomic mass is 19.2. The highest BCUT2D eigenvalue weighted by Gasteiger charge is 2.11. The first kappa shape index (κ1) is 8.81. The molecule has 0 aromatic heterocycles. The first-order chi connectivity index (χ1) is 4.46. The van der Waals surface area contributed by atoms with Crippen LogP contribution in [0.4, 0.5) is 13.2 Å². The molecule has 0 rings (SSSR count). The van der Waals surface area contributed by atoms with E-state index in [9.17, 15) is 13.2 Å². The van der Waals surface area contributed by atoms with Gasteiger partial charge in [0.2, 0.25) is 5.83 Å². The smallest absolute Gasteiger partial charge is 0.202 e. The molecule has 56 valence electrons. The van der Waals surface area contributed by atoms with Crippen molar-refractivity contribution in [3.63, 3.8) is 0 Å². The summed E-state index contributed by atoms with van der Waals surface area (Å²) in [6.45, 7) is 5.10. The number of hydrogen-bond acceptors (Lipinski definition) is 1. The number of aliphatic hydroxyl groups excluding tert-OH is 1. The molecule has 0 spiro atoms. The Kier molecular flexibility index (Phi) is 2.73. The standard InChI is InChI=1S/C6H5F3O/c1-3(7)5(8)6(9)4(2)10/h10H,1-2H2/b6-5-. The van der Waals surface area contributed by atoms with E-state index in [2.05, 4.69) is 13.2 Å². The summed E-state index contributed by atoms with van der Waals surface area (Å²) in [5.74, 6) is -6.29. The molecule has 0 saturated carbocycles. The van der Waals surface area contributed by atoms with Crippen LogP contribution in [0.25, 0.3) is 0 Å². The molecule has 0 heterocycles. The average Bonchev–Trinajstić information content (AvgIpc) is 1.84. The van der Waals surface area contributed by atoms with Crippen molar-refractivity contribution in [3.05, 3.63) is 36.4 Å². The molecule has 0 saturated heterocycles. The minimum absolute atomic E-state index is 1.16. The van der Waals surface area contributed by atoms with E-state index in [-0.39, 0.29) is 0 Å². The summed E-state index contributed by atoms with van der Waals surface area (Å²) in [6, 6.07) is 0. The van der Waals surface area contributed by atoms with Gasteiger partial charge in [-0.2, -0.15) is 4.39 Å². The van der Waals surface area contributed by atoms with E-state index in [0.717, 1.165) is 0 Å². The van der Waals surface area contributed by atoms with E-state index in [1.807, 2.05) is 0 Å². The number of aliphatic hydroxyl groups is 1. The van der Waals surface area contributed by atoms with Crippen LogP contribution in [0.5, 0.6) is 0 Å².